The van der Waals surface area contributed by atoms with Crippen LogP contribution >= 0.6 is 0 Å². The first kappa shape index (κ1) is 15.4. The number of hydrogen-bond acceptors (Lipinski definition) is 2. The van der Waals surface area contributed by atoms with Gasteiger partial charge in [-0.3, -0.25) is 0 Å². The summed E-state index contributed by atoms with van der Waals surface area (Å²) in [5.41, 5.74) is 0.357. The topological polar surface area (TPSA) is 21.3 Å². The molecule has 21 heavy (non-hydrogen) atoms. The van der Waals surface area contributed by atoms with Crippen molar-refractivity contribution in [3.8, 4) is 11.5 Å². The van der Waals surface area contributed by atoms with Crippen LogP contribution in [-0.4, -0.2) is 6.54 Å². The van der Waals surface area contributed by atoms with Crippen molar-refractivity contribution in [1.29, 1.82) is 0 Å². The predicted octanol–water partition coefficient (Wildman–Crippen LogP) is 4.40. The van der Waals surface area contributed by atoms with Crippen molar-refractivity contribution < 1.29 is 17.9 Å². The van der Waals surface area contributed by atoms with Gasteiger partial charge in [0.25, 0.3) is 0 Å². The molecule has 0 unspecified atom stereocenters. The molecule has 0 spiro atoms. The van der Waals surface area contributed by atoms with Crippen molar-refractivity contribution in [3.05, 3.63) is 59.4 Å². The summed E-state index contributed by atoms with van der Waals surface area (Å²) in [6.45, 7) is 3.06. The number of hydrogen-bond donors (Lipinski definition) is 1. The average Bonchev–Trinajstić information content (AvgIpc) is 2.46. The lowest BCUT2D eigenvalue weighted by Gasteiger charge is -2.12. The Morgan fingerprint density at radius 1 is 1.00 bits per heavy atom. The molecule has 2 rings (SSSR count). The number of halogens is 3. The minimum absolute atomic E-state index is 0.122. The van der Waals surface area contributed by atoms with Crippen LogP contribution < -0.4 is 10.1 Å². The summed E-state index contributed by atoms with van der Waals surface area (Å²) in [5, 5.41) is 3.08. The zero-order chi connectivity index (χ0) is 15.2. The molecule has 0 bridgehead atoms. The molecule has 0 amide bonds. The number of ether oxygens (including phenoxy) is 1. The second-order valence-corrected chi connectivity index (χ2v) is 4.57. The highest BCUT2D eigenvalue weighted by Gasteiger charge is 2.11. The van der Waals surface area contributed by atoms with Crippen LogP contribution in [0.25, 0.3) is 0 Å². The second-order valence-electron chi connectivity index (χ2n) is 4.57. The van der Waals surface area contributed by atoms with Crippen LogP contribution in [0.2, 0.25) is 0 Å². The second kappa shape index (κ2) is 7.13. The Morgan fingerprint density at radius 3 is 2.52 bits per heavy atom. The molecule has 0 aliphatic heterocycles. The van der Waals surface area contributed by atoms with Crippen molar-refractivity contribution in [3.63, 3.8) is 0 Å². The summed E-state index contributed by atoms with van der Waals surface area (Å²) in [6.07, 6.45) is 0.924. The van der Waals surface area contributed by atoms with E-state index in [1.165, 1.54) is 18.2 Å². The van der Waals surface area contributed by atoms with Gasteiger partial charge in [-0.05, 0) is 37.2 Å². The molecule has 0 radical (unpaired) electrons. The first-order chi connectivity index (χ1) is 10.1. The zero-order valence-electron chi connectivity index (χ0n) is 11.6. The van der Waals surface area contributed by atoms with Crippen LogP contribution in [0.4, 0.5) is 13.2 Å². The van der Waals surface area contributed by atoms with Crippen LogP contribution in [0, 0.1) is 17.5 Å². The molecule has 0 aliphatic rings. The van der Waals surface area contributed by atoms with Crippen LogP contribution in [-0.2, 0) is 6.54 Å². The molecule has 0 aliphatic carbocycles. The third-order valence-corrected chi connectivity index (χ3v) is 2.92. The minimum Gasteiger partial charge on any atom is -0.457 e. The van der Waals surface area contributed by atoms with Gasteiger partial charge in [-0.2, -0.15) is 0 Å². The fourth-order valence-electron chi connectivity index (χ4n) is 1.86. The molecular formula is C16H16F3NO. The molecule has 2 nitrogen and oxygen atoms in total. The van der Waals surface area contributed by atoms with Crippen LogP contribution in [0.5, 0.6) is 11.5 Å². The van der Waals surface area contributed by atoms with E-state index in [0.29, 0.717) is 12.1 Å². The maximum Gasteiger partial charge on any atom is 0.162 e. The van der Waals surface area contributed by atoms with E-state index in [9.17, 15) is 13.2 Å². The molecular weight excluding hydrogens is 279 g/mol. The van der Waals surface area contributed by atoms with Crippen molar-refractivity contribution in [2.24, 2.45) is 0 Å². The van der Waals surface area contributed by atoms with Gasteiger partial charge in [0, 0.05) is 18.2 Å². The fraction of sp³-hybridized carbons (Fsp3) is 0.250. The average molecular weight is 295 g/mol. The number of rotatable bonds is 6. The molecule has 5 heteroatoms. The van der Waals surface area contributed by atoms with E-state index in [0.717, 1.165) is 25.1 Å². The summed E-state index contributed by atoms with van der Waals surface area (Å²) in [6, 6.07) is 7.64. The Labute approximate surface area is 121 Å². The van der Waals surface area contributed by atoms with Gasteiger partial charge in [0.15, 0.2) is 11.6 Å². The highest BCUT2D eigenvalue weighted by molar-refractivity contribution is 5.39. The first-order valence-corrected chi connectivity index (χ1v) is 6.73. The molecule has 0 atom stereocenters. The molecule has 0 aromatic heterocycles. The predicted molar refractivity (Wildman–Crippen MR) is 74.8 cm³/mol. The minimum atomic E-state index is -1.01. The lowest BCUT2D eigenvalue weighted by molar-refractivity contribution is 0.448. The monoisotopic (exact) mass is 295 g/mol. The molecule has 0 saturated carbocycles. The Balaban J connectivity index is 2.22. The van der Waals surface area contributed by atoms with Crippen molar-refractivity contribution in [2.75, 3.05) is 6.54 Å². The third-order valence-electron chi connectivity index (χ3n) is 2.92. The summed E-state index contributed by atoms with van der Waals surface area (Å²) >= 11 is 0. The van der Waals surface area contributed by atoms with E-state index >= 15 is 0 Å². The number of nitrogens with one attached hydrogen (secondary N) is 1. The molecule has 2 aromatic carbocycles. The summed E-state index contributed by atoms with van der Waals surface area (Å²) in [4.78, 5) is 0. The Bertz CT molecular complexity index is 616. The van der Waals surface area contributed by atoms with Gasteiger partial charge in [0.2, 0.25) is 0 Å². The summed E-state index contributed by atoms with van der Waals surface area (Å²) < 4.78 is 45.4. The fourth-order valence-corrected chi connectivity index (χ4v) is 1.86. The largest absolute Gasteiger partial charge is 0.457 e. The van der Waals surface area contributed by atoms with E-state index in [2.05, 4.69) is 5.32 Å². The van der Waals surface area contributed by atoms with E-state index in [4.69, 9.17) is 4.74 Å². The van der Waals surface area contributed by atoms with Gasteiger partial charge in [-0.1, -0.05) is 13.0 Å². The van der Waals surface area contributed by atoms with E-state index in [1.807, 2.05) is 6.92 Å². The number of benzene rings is 2. The quantitative estimate of drug-likeness (QED) is 0.798. The third kappa shape index (κ3) is 3.98. The van der Waals surface area contributed by atoms with Crippen LogP contribution in [0.3, 0.4) is 0 Å². The summed E-state index contributed by atoms with van der Waals surface area (Å²) in [5.74, 6) is -1.96. The van der Waals surface area contributed by atoms with Crippen LogP contribution in [0.1, 0.15) is 18.9 Å². The van der Waals surface area contributed by atoms with Gasteiger partial charge in [0.05, 0.1) is 0 Å². The first-order valence-electron chi connectivity index (χ1n) is 6.73. The molecule has 0 saturated heterocycles. The van der Waals surface area contributed by atoms with Gasteiger partial charge in [-0.25, -0.2) is 13.2 Å². The maximum absolute atomic E-state index is 13.9. The van der Waals surface area contributed by atoms with Gasteiger partial charge in [-0.15, -0.1) is 0 Å². The van der Waals surface area contributed by atoms with Crippen molar-refractivity contribution in [1.82, 2.24) is 5.32 Å². The smallest absolute Gasteiger partial charge is 0.162 e. The van der Waals surface area contributed by atoms with E-state index in [1.54, 1.807) is 6.07 Å². The van der Waals surface area contributed by atoms with Gasteiger partial charge < -0.3 is 10.1 Å². The maximum atomic E-state index is 13.9. The molecule has 0 fully saturated rings. The standard InChI is InChI=1S/C16H16F3NO/c1-2-8-20-10-12-13(17)4-3-5-16(12)21-11-6-7-14(18)15(19)9-11/h3-7,9,20H,2,8,10H2,1H3. The molecule has 0 heterocycles. The molecule has 112 valence electrons. The molecule has 1 N–H and O–H groups in total. The Kier molecular flexibility index (Phi) is 5.22. The van der Waals surface area contributed by atoms with E-state index in [-0.39, 0.29) is 11.5 Å². The highest BCUT2D eigenvalue weighted by Crippen LogP contribution is 2.28. The van der Waals surface area contributed by atoms with Crippen molar-refractivity contribution in [2.45, 2.75) is 19.9 Å². The van der Waals surface area contributed by atoms with Gasteiger partial charge in [0.1, 0.15) is 17.3 Å². The zero-order valence-corrected chi connectivity index (χ0v) is 11.6. The highest BCUT2D eigenvalue weighted by atomic mass is 19.2. The summed E-state index contributed by atoms with van der Waals surface area (Å²) in [7, 11) is 0. The van der Waals surface area contributed by atoms with Crippen molar-refractivity contribution >= 4 is 0 Å². The normalized spacial score (nSPS) is 10.7. The lowest BCUT2D eigenvalue weighted by Crippen LogP contribution is -2.15. The van der Waals surface area contributed by atoms with E-state index < -0.39 is 17.5 Å². The van der Waals surface area contributed by atoms with Gasteiger partial charge >= 0.3 is 0 Å². The Hall–Kier alpha value is -2.01. The Morgan fingerprint density at radius 2 is 1.81 bits per heavy atom. The molecule has 2 aromatic rings. The lowest BCUT2D eigenvalue weighted by atomic mass is 10.2. The van der Waals surface area contributed by atoms with Crippen LogP contribution in [0.15, 0.2) is 36.4 Å². The SMILES string of the molecule is CCCNCc1c(F)cccc1Oc1ccc(F)c(F)c1.